The second kappa shape index (κ2) is 7.98. The highest BCUT2D eigenvalue weighted by molar-refractivity contribution is 7.84. The molecule has 18 heavy (non-hydrogen) atoms. The second-order valence-electron chi connectivity index (χ2n) is 5.72. The van der Waals surface area contributed by atoms with Gasteiger partial charge in [0.05, 0.1) is 12.9 Å². The van der Waals surface area contributed by atoms with Crippen LogP contribution in [0, 0.1) is 5.41 Å². The molecule has 0 aromatic heterocycles. The molecular formula is C15H28O2S. The van der Waals surface area contributed by atoms with Crippen LogP contribution in [0.2, 0.25) is 0 Å². The highest BCUT2D eigenvalue weighted by atomic mass is 32.2. The Morgan fingerprint density at radius 1 is 1.33 bits per heavy atom. The molecule has 0 aromatic carbocycles. The van der Waals surface area contributed by atoms with Crippen LogP contribution in [-0.2, 0) is 15.5 Å². The monoisotopic (exact) mass is 272 g/mol. The molecule has 2 nitrogen and oxygen atoms in total. The standard InChI is InChI=1S/C15H28O2S/c1-4-15(7-5-10-17-13-14(2)3)8-6-11-18(16)12-9-15/h13H,4-12H2,1-3H3. The molecule has 0 saturated carbocycles. The summed E-state index contributed by atoms with van der Waals surface area (Å²) in [6.45, 7) is 7.20. The predicted molar refractivity (Wildman–Crippen MR) is 79.1 cm³/mol. The van der Waals surface area contributed by atoms with Crippen LogP contribution in [-0.4, -0.2) is 22.3 Å². The lowest BCUT2D eigenvalue weighted by molar-refractivity contribution is 0.175. The van der Waals surface area contributed by atoms with E-state index in [1.807, 2.05) is 20.1 Å². The lowest BCUT2D eigenvalue weighted by Crippen LogP contribution is -2.21. The van der Waals surface area contributed by atoms with Crippen molar-refractivity contribution >= 4 is 10.8 Å². The maximum Gasteiger partial charge on any atom is 0.0873 e. The van der Waals surface area contributed by atoms with E-state index in [0.29, 0.717) is 5.41 Å². The third-order valence-electron chi connectivity index (χ3n) is 3.98. The van der Waals surface area contributed by atoms with Gasteiger partial charge in [0.15, 0.2) is 0 Å². The van der Waals surface area contributed by atoms with Crippen molar-refractivity contribution in [1.82, 2.24) is 0 Å². The summed E-state index contributed by atoms with van der Waals surface area (Å²) < 4.78 is 17.1. The Bertz CT molecular complexity index is 295. The van der Waals surface area contributed by atoms with E-state index in [-0.39, 0.29) is 0 Å². The van der Waals surface area contributed by atoms with Crippen LogP contribution >= 0.6 is 0 Å². The lowest BCUT2D eigenvalue weighted by Gasteiger charge is -2.31. The van der Waals surface area contributed by atoms with E-state index in [0.717, 1.165) is 37.4 Å². The largest absolute Gasteiger partial charge is 0.501 e. The lowest BCUT2D eigenvalue weighted by atomic mass is 9.75. The molecule has 3 heteroatoms. The fraction of sp³-hybridized carbons (Fsp3) is 0.867. The van der Waals surface area contributed by atoms with E-state index < -0.39 is 10.8 Å². The molecular weight excluding hydrogens is 244 g/mol. The van der Waals surface area contributed by atoms with Crippen molar-refractivity contribution in [3.8, 4) is 0 Å². The van der Waals surface area contributed by atoms with Crippen molar-refractivity contribution in [3.05, 3.63) is 11.8 Å². The van der Waals surface area contributed by atoms with Crippen LogP contribution in [0.15, 0.2) is 11.8 Å². The minimum Gasteiger partial charge on any atom is -0.501 e. The van der Waals surface area contributed by atoms with Gasteiger partial charge in [-0.2, -0.15) is 0 Å². The van der Waals surface area contributed by atoms with E-state index in [1.54, 1.807) is 0 Å². The van der Waals surface area contributed by atoms with Crippen molar-refractivity contribution in [1.29, 1.82) is 0 Å². The van der Waals surface area contributed by atoms with Crippen LogP contribution in [0.1, 0.15) is 59.3 Å². The topological polar surface area (TPSA) is 26.3 Å². The molecule has 1 aliphatic heterocycles. The van der Waals surface area contributed by atoms with Gasteiger partial charge in [-0.1, -0.05) is 13.3 Å². The third-order valence-corrected chi connectivity index (χ3v) is 5.38. The molecule has 1 saturated heterocycles. The first-order valence-electron chi connectivity index (χ1n) is 7.18. The molecule has 1 rings (SSSR count). The Hall–Kier alpha value is -0.310. The zero-order chi connectivity index (χ0) is 13.4. The van der Waals surface area contributed by atoms with Crippen LogP contribution in [0.5, 0.6) is 0 Å². The van der Waals surface area contributed by atoms with Gasteiger partial charge in [0.2, 0.25) is 0 Å². The van der Waals surface area contributed by atoms with Gasteiger partial charge in [-0.25, -0.2) is 0 Å². The van der Waals surface area contributed by atoms with E-state index in [2.05, 4.69) is 6.92 Å². The Morgan fingerprint density at radius 2 is 2.11 bits per heavy atom. The van der Waals surface area contributed by atoms with Crippen LogP contribution in [0.25, 0.3) is 0 Å². The zero-order valence-corrected chi connectivity index (χ0v) is 13.0. The number of hydrogen-bond donors (Lipinski definition) is 0. The Labute approximate surface area is 115 Å². The number of rotatable bonds is 6. The molecule has 0 aromatic rings. The van der Waals surface area contributed by atoms with Gasteiger partial charge in [0, 0.05) is 22.3 Å². The van der Waals surface area contributed by atoms with Gasteiger partial charge in [-0.3, -0.25) is 4.21 Å². The number of hydrogen-bond acceptors (Lipinski definition) is 2. The minimum absolute atomic E-state index is 0.431. The van der Waals surface area contributed by atoms with Crippen molar-refractivity contribution < 1.29 is 8.95 Å². The van der Waals surface area contributed by atoms with Gasteiger partial charge in [-0.15, -0.1) is 0 Å². The van der Waals surface area contributed by atoms with E-state index in [4.69, 9.17) is 4.74 Å². The average Bonchev–Trinajstić information content (AvgIpc) is 2.52. The maximum atomic E-state index is 11.6. The van der Waals surface area contributed by atoms with Crippen molar-refractivity contribution in [2.24, 2.45) is 5.41 Å². The molecule has 1 heterocycles. The number of ether oxygens (including phenoxy) is 1. The molecule has 2 unspecified atom stereocenters. The Morgan fingerprint density at radius 3 is 2.78 bits per heavy atom. The SMILES string of the molecule is CCC1(CCCOC=C(C)C)CCCS(=O)CC1. The highest BCUT2D eigenvalue weighted by Gasteiger charge is 2.30. The summed E-state index contributed by atoms with van der Waals surface area (Å²) in [5.74, 6) is 1.82. The number of allylic oxidation sites excluding steroid dienone is 1. The smallest absolute Gasteiger partial charge is 0.0873 e. The molecule has 0 radical (unpaired) electrons. The molecule has 0 bridgehead atoms. The van der Waals surface area contributed by atoms with Crippen molar-refractivity contribution in [2.45, 2.75) is 59.3 Å². The fourth-order valence-corrected chi connectivity index (χ4v) is 4.03. The maximum absolute atomic E-state index is 11.6. The average molecular weight is 272 g/mol. The second-order valence-corrected chi connectivity index (χ2v) is 7.42. The molecule has 0 N–H and O–H groups in total. The highest BCUT2D eigenvalue weighted by Crippen LogP contribution is 2.39. The fourth-order valence-electron chi connectivity index (χ4n) is 2.70. The summed E-state index contributed by atoms with van der Waals surface area (Å²) in [7, 11) is -0.562. The first kappa shape index (κ1) is 15.7. The van der Waals surface area contributed by atoms with Crippen LogP contribution < -0.4 is 0 Å². The van der Waals surface area contributed by atoms with E-state index >= 15 is 0 Å². The summed E-state index contributed by atoms with van der Waals surface area (Å²) >= 11 is 0. The first-order chi connectivity index (χ1) is 8.58. The minimum atomic E-state index is -0.562. The molecule has 2 atom stereocenters. The Balaban J connectivity index is 2.35. The zero-order valence-electron chi connectivity index (χ0n) is 12.2. The molecule has 0 aliphatic carbocycles. The molecule has 1 aliphatic rings. The summed E-state index contributed by atoms with van der Waals surface area (Å²) in [6.07, 6.45) is 8.92. The van der Waals surface area contributed by atoms with Crippen molar-refractivity contribution in [2.75, 3.05) is 18.1 Å². The summed E-state index contributed by atoms with van der Waals surface area (Å²) in [5.41, 5.74) is 1.64. The van der Waals surface area contributed by atoms with Crippen LogP contribution in [0.3, 0.4) is 0 Å². The normalized spacial score (nSPS) is 28.5. The van der Waals surface area contributed by atoms with Gasteiger partial charge in [-0.05, 0) is 56.9 Å². The van der Waals surface area contributed by atoms with E-state index in [1.165, 1.54) is 24.8 Å². The van der Waals surface area contributed by atoms with Crippen LogP contribution in [0.4, 0.5) is 0 Å². The molecule has 0 amide bonds. The summed E-state index contributed by atoms with van der Waals surface area (Å²) in [6, 6.07) is 0. The van der Waals surface area contributed by atoms with Gasteiger partial charge in [0.1, 0.15) is 0 Å². The van der Waals surface area contributed by atoms with Gasteiger partial charge >= 0.3 is 0 Å². The summed E-state index contributed by atoms with van der Waals surface area (Å²) in [5, 5.41) is 0. The third kappa shape index (κ3) is 5.55. The van der Waals surface area contributed by atoms with Gasteiger partial charge < -0.3 is 4.74 Å². The first-order valence-corrected chi connectivity index (χ1v) is 8.67. The predicted octanol–water partition coefficient (Wildman–Crippen LogP) is 4.04. The van der Waals surface area contributed by atoms with Crippen molar-refractivity contribution in [3.63, 3.8) is 0 Å². The molecule has 0 spiro atoms. The molecule has 106 valence electrons. The quantitative estimate of drug-likeness (QED) is 0.539. The summed E-state index contributed by atoms with van der Waals surface area (Å²) in [4.78, 5) is 0. The van der Waals surface area contributed by atoms with Gasteiger partial charge in [0.25, 0.3) is 0 Å². The Kier molecular flexibility index (Phi) is 6.98. The molecule has 1 fully saturated rings. The van der Waals surface area contributed by atoms with E-state index in [9.17, 15) is 4.21 Å².